The van der Waals surface area contributed by atoms with Gasteiger partial charge in [0.25, 0.3) is 0 Å². The molecule has 0 spiro atoms. The standard InChI is InChI=1S/C20H27FN4O2S/c1-4-22-20(24-14-17-7-5-6-8-18(17)21)23-11-12-25-28(26,27)19-13-15(2)9-10-16(19)3/h5-10,13,25H,4,11-12,14H2,1-3H3,(H2,22,23,24). The molecule has 0 unspecified atom stereocenters. The quantitative estimate of drug-likeness (QED) is 0.357. The molecule has 28 heavy (non-hydrogen) atoms. The number of hydrogen-bond acceptors (Lipinski definition) is 3. The van der Waals surface area contributed by atoms with E-state index < -0.39 is 10.0 Å². The molecule has 0 saturated carbocycles. The Kier molecular flexibility index (Phi) is 7.95. The molecule has 0 aliphatic rings. The van der Waals surface area contributed by atoms with E-state index >= 15 is 0 Å². The van der Waals surface area contributed by atoms with Crippen LogP contribution < -0.4 is 15.4 Å². The van der Waals surface area contributed by atoms with Gasteiger partial charge in [-0.2, -0.15) is 0 Å². The van der Waals surface area contributed by atoms with Crippen LogP contribution in [-0.4, -0.2) is 34.0 Å². The fraction of sp³-hybridized carbons (Fsp3) is 0.350. The highest BCUT2D eigenvalue weighted by molar-refractivity contribution is 7.89. The smallest absolute Gasteiger partial charge is 0.240 e. The van der Waals surface area contributed by atoms with E-state index in [1.165, 1.54) is 6.07 Å². The normalized spacial score (nSPS) is 12.1. The summed E-state index contributed by atoms with van der Waals surface area (Å²) in [5.41, 5.74) is 2.08. The fourth-order valence-corrected chi connectivity index (χ4v) is 3.93. The summed E-state index contributed by atoms with van der Waals surface area (Å²) < 4.78 is 41.3. The molecule has 6 nitrogen and oxygen atoms in total. The molecule has 152 valence electrons. The number of benzene rings is 2. The molecule has 0 radical (unpaired) electrons. The molecule has 2 aromatic rings. The van der Waals surface area contributed by atoms with Crippen molar-refractivity contribution in [1.82, 2.24) is 15.4 Å². The third-order valence-corrected chi connectivity index (χ3v) is 5.66. The summed E-state index contributed by atoms with van der Waals surface area (Å²) >= 11 is 0. The van der Waals surface area contributed by atoms with Gasteiger partial charge >= 0.3 is 0 Å². The maximum absolute atomic E-state index is 13.7. The van der Waals surface area contributed by atoms with Crippen molar-refractivity contribution in [3.05, 3.63) is 65.0 Å². The molecule has 0 aliphatic carbocycles. The third-order valence-electron chi connectivity index (χ3n) is 4.05. The van der Waals surface area contributed by atoms with Gasteiger partial charge in [-0.15, -0.1) is 0 Å². The summed E-state index contributed by atoms with van der Waals surface area (Å²) in [6, 6.07) is 11.8. The average Bonchev–Trinajstić information content (AvgIpc) is 2.66. The molecule has 8 heteroatoms. The molecule has 0 fully saturated rings. The van der Waals surface area contributed by atoms with E-state index in [1.54, 1.807) is 37.3 Å². The summed E-state index contributed by atoms with van der Waals surface area (Å²) in [7, 11) is -3.58. The summed E-state index contributed by atoms with van der Waals surface area (Å²) in [5.74, 6) is 0.195. The van der Waals surface area contributed by atoms with Gasteiger partial charge in [0.2, 0.25) is 10.0 Å². The molecule has 0 aliphatic heterocycles. The second-order valence-electron chi connectivity index (χ2n) is 6.38. The number of sulfonamides is 1. The van der Waals surface area contributed by atoms with Crippen LogP contribution in [0.1, 0.15) is 23.6 Å². The predicted octanol–water partition coefficient (Wildman–Crippen LogP) is 2.48. The van der Waals surface area contributed by atoms with E-state index in [1.807, 2.05) is 19.9 Å². The lowest BCUT2D eigenvalue weighted by Crippen LogP contribution is -2.41. The Balaban J connectivity index is 1.93. The summed E-state index contributed by atoms with van der Waals surface area (Å²) in [6.45, 7) is 6.91. The Morgan fingerprint density at radius 1 is 1.07 bits per heavy atom. The monoisotopic (exact) mass is 406 g/mol. The Hall–Kier alpha value is -2.45. The van der Waals surface area contributed by atoms with Gasteiger partial charge in [0.1, 0.15) is 5.82 Å². The third kappa shape index (κ3) is 6.31. The van der Waals surface area contributed by atoms with Gasteiger partial charge in [0.05, 0.1) is 11.4 Å². The first-order valence-corrected chi connectivity index (χ1v) is 10.6. The van der Waals surface area contributed by atoms with E-state index in [9.17, 15) is 12.8 Å². The fourth-order valence-electron chi connectivity index (χ4n) is 2.57. The van der Waals surface area contributed by atoms with Gasteiger partial charge in [0, 0.05) is 25.2 Å². The maximum Gasteiger partial charge on any atom is 0.240 e. The Morgan fingerprint density at radius 3 is 2.54 bits per heavy atom. The van der Waals surface area contributed by atoms with Crippen molar-refractivity contribution in [2.45, 2.75) is 32.2 Å². The number of halogens is 1. The van der Waals surface area contributed by atoms with Crippen molar-refractivity contribution in [3.8, 4) is 0 Å². The van der Waals surface area contributed by atoms with Crippen molar-refractivity contribution in [3.63, 3.8) is 0 Å². The van der Waals surface area contributed by atoms with Crippen LogP contribution in [-0.2, 0) is 16.6 Å². The molecule has 0 saturated heterocycles. The minimum absolute atomic E-state index is 0.191. The number of rotatable bonds is 8. The van der Waals surface area contributed by atoms with Crippen LogP contribution in [0.3, 0.4) is 0 Å². The summed E-state index contributed by atoms with van der Waals surface area (Å²) in [5, 5.41) is 6.11. The Morgan fingerprint density at radius 2 is 1.82 bits per heavy atom. The molecule has 2 aromatic carbocycles. The van der Waals surface area contributed by atoms with Crippen LogP contribution in [0.5, 0.6) is 0 Å². The van der Waals surface area contributed by atoms with Crippen molar-refractivity contribution >= 4 is 16.0 Å². The number of nitrogens with one attached hydrogen (secondary N) is 3. The summed E-state index contributed by atoms with van der Waals surface area (Å²) in [6.07, 6.45) is 0. The van der Waals surface area contributed by atoms with Crippen molar-refractivity contribution in [2.75, 3.05) is 19.6 Å². The molecule has 3 N–H and O–H groups in total. The highest BCUT2D eigenvalue weighted by Gasteiger charge is 2.16. The number of nitrogens with zero attached hydrogens (tertiary/aromatic N) is 1. The van der Waals surface area contributed by atoms with Crippen LogP contribution in [0.25, 0.3) is 0 Å². The van der Waals surface area contributed by atoms with E-state index in [0.717, 1.165) is 5.56 Å². The van der Waals surface area contributed by atoms with Crippen LogP contribution in [0, 0.1) is 19.7 Å². The van der Waals surface area contributed by atoms with Crippen LogP contribution in [0.4, 0.5) is 4.39 Å². The molecule has 0 atom stereocenters. The Labute approximate surface area is 166 Å². The van der Waals surface area contributed by atoms with E-state index in [-0.39, 0.29) is 23.8 Å². The van der Waals surface area contributed by atoms with Crippen molar-refractivity contribution in [1.29, 1.82) is 0 Å². The van der Waals surface area contributed by atoms with Gasteiger partial charge < -0.3 is 10.6 Å². The van der Waals surface area contributed by atoms with Gasteiger partial charge in [-0.25, -0.2) is 22.5 Å². The van der Waals surface area contributed by atoms with Crippen LogP contribution >= 0.6 is 0 Å². The lowest BCUT2D eigenvalue weighted by molar-refractivity contribution is 0.579. The number of hydrogen-bond donors (Lipinski definition) is 3. The Bertz CT molecular complexity index is 930. The molecule has 0 bridgehead atoms. The lowest BCUT2D eigenvalue weighted by atomic mass is 10.2. The first-order valence-electron chi connectivity index (χ1n) is 9.16. The lowest BCUT2D eigenvalue weighted by Gasteiger charge is -2.13. The molecule has 2 rings (SSSR count). The number of guanidine groups is 1. The van der Waals surface area contributed by atoms with E-state index in [2.05, 4.69) is 20.3 Å². The second-order valence-corrected chi connectivity index (χ2v) is 8.12. The van der Waals surface area contributed by atoms with Crippen LogP contribution in [0.15, 0.2) is 52.4 Å². The number of aliphatic imine (C=N–C) groups is 1. The van der Waals surface area contributed by atoms with Gasteiger partial charge in [0.15, 0.2) is 5.96 Å². The zero-order valence-corrected chi connectivity index (χ0v) is 17.2. The van der Waals surface area contributed by atoms with Crippen molar-refractivity contribution in [2.24, 2.45) is 4.99 Å². The molecular formula is C20H27FN4O2S. The largest absolute Gasteiger partial charge is 0.357 e. The highest BCUT2D eigenvalue weighted by atomic mass is 32.2. The molecule has 0 amide bonds. The molecular weight excluding hydrogens is 379 g/mol. The SMILES string of the molecule is CCNC(=NCc1ccccc1F)NCCNS(=O)(=O)c1cc(C)ccc1C. The number of aryl methyl sites for hydroxylation is 2. The minimum Gasteiger partial charge on any atom is -0.357 e. The van der Waals surface area contributed by atoms with Crippen molar-refractivity contribution < 1.29 is 12.8 Å². The van der Waals surface area contributed by atoms with Gasteiger partial charge in [-0.3, -0.25) is 0 Å². The van der Waals surface area contributed by atoms with E-state index in [0.29, 0.717) is 30.2 Å². The van der Waals surface area contributed by atoms with Gasteiger partial charge in [-0.1, -0.05) is 30.3 Å². The van der Waals surface area contributed by atoms with Crippen LogP contribution in [0.2, 0.25) is 0 Å². The first-order chi connectivity index (χ1) is 13.3. The first kappa shape index (κ1) is 21.8. The van der Waals surface area contributed by atoms with Gasteiger partial charge in [-0.05, 0) is 44.0 Å². The maximum atomic E-state index is 13.7. The molecule has 0 heterocycles. The minimum atomic E-state index is -3.58. The highest BCUT2D eigenvalue weighted by Crippen LogP contribution is 2.16. The average molecular weight is 407 g/mol. The second kappa shape index (κ2) is 10.2. The zero-order valence-electron chi connectivity index (χ0n) is 16.4. The topological polar surface area (TPSA) is 82.6 Å². The molecule has 0 aromatic heterocycles. The van der Waals surface area contributed by atoms with E-state index in [4.69, 9.17) is 0 Å². The zero-order chi connectivity index (χ0) is 20.6. The predicted molar refractivity (Wildman–Crippen MR) is 110 cm³/mol. The summed E-state index contributed by atoms with van der Waals surface area (Å²) in [4.78, 5) is 4.62.